The molecule has 0 unspecified atom stereocenters. The fourth-order valence-corrected chi connectivity index (χ4v) is 4.82. The average molecular weight is 421 g/mol. The maximum absolute atomic E-state index is 12.9. The number of benzene rings is 1. The van der Waals surface area contributed by atoms with Crippen molar-refractivity contribution in [3.63, 3.8) is 0 Å². The predicted molar refractivity (Wildman–Crippen MR) is 120 cm³/mol. The largest absolute Gasteiger partial charge is 0.369 e. The normalized spacial score (nSPS) is 18.2. The van der Waals surface area contributed by atoms with Crippen molar-refractivity contribution in [2.24, 2.45) is 7.05 Å². The first-order chi connectivity index (χ1) is 15.1. The van der Waals surface area contributed by atoms with E-state index in [1.807, 2.05) is 28.8 Å². The monoisotopic (exact) mass is 420 g/mol. The quantitative estimate of drug-likeness (QED) is 0.642. The van der Waals surface area contributed by atoms with E-state index in [4.69, 9.17) is 0 Å². The summed E-state index contributed by atoms with van der Waals surface area (Å²) in [5, 5.41) is 0.704. The average Bonchev–Trinajstić information content (AvgIpc) is 3.32. The molecular weight excluding hydrogens is 392 g/mol. The minimum Gasteiger partial charge on any atom is -0.369 e. The number of piperazine rings is 1. The number of rotatable bonds is 4. The Morgan fingerprint density at radius 1 is 1.00 bits per heavy atom. The molecule has 3 aromatic rings. The van der Waals surface area contributed by atoms with Gasteiger partial charge in [-0.2, -0.15) is 0 Å². The molecule has 0 amide bonds. The van der Waals surface area contributed by atoms with Crippen molar-refractivity contribution in [2.45, 2.75) is 38.3 Å². The van der Waals surface area contributed by atoms with Crippen LogP contribution in [0.2, 0.25) is 0 Å². The van der Waals surface area contributed by atoms with Gasteiger partial charge in [0.05, 0.1) is 17.2 Å². The van der Waals surface area contributed by atoms with Crippen molar-refractivity contribution in [1.82, 2.24) is 24.0 Å². The summed E-state index contributed by atoms with van der Waals surface area (Å²) in [6.07, 6.45) is 7.85. The van der Waals surface area contributed by atoms with E-state index in [9.17, 15) is 9.59 Å². The van der Waals surface area contributed by atoms with Crippen LogP contribution in [0.4, 0.5) is 5.69 Å². The molecule has 162 valence electrons. The van der Waals surface area contributed by atoms with Crippen molar-refractivity contribution < 1.29 is 0 Å². The van der Waals surface area contributed by atoms with Gasteiger partial charge in [0.15, 0.2) is 0 Å². The van der Waals surface area contributed by atoms with Gasteiger partial charge in [-0.25, -0.2) is 14.8 Å². The summed E-state index contributed by atoms with van der Waals surface area (Å²) in [5.41, 5.74) is 2.71. The Labute approximate surface area is 180 Å². The molecule has 2 fully saturated rings. The van der Waals surface area contributed by atoms with E-state index in [0.717, 1.165) is 62.5 Å². The molecule has 0 spiro atoms. The van der Waals surface area contributed by atoms with Gasteiger partial charge in [-0.3, -0.25) is 18.8 Å². The molecule has 1 aromatic carbocycles. The third kappa shape index (κ3) is 3.87. The maximum Gasteiger partial charge on any atom is 0.347 e. The Hall–Kier alpha value is -3.00. The number of hydrogen-bond donors (Lipinski definition) is 0. The highest BCUT2D eigenvalue weighted by Gasteiger charge is 2.21. The lowest BCUT2D eigenvalue weighted by atomic mass is 10.1. The second-order valence-electron chi connectivity index (χ2n) is 8.64. The minimum atomic E-state index is -0.216. The molecule has 5 rings (SSSR count). The third-order valence-corrected chi connectivity index (χ3v) is 6.78. The number of aromatic nitrogens is 4. The van der Waals surface area contributed by atoms with Gasteiger partial charge in [0.2, 0.25) is 0 Å². The molecule has 1 aliphatic heterocycles. The van der Waals surface area contributed by atoms with E-state index < -0.39 is 0 Å². The molecule has 0 N–H and O–H groups in total. The Morgan fingerprint density at radius 2 is 1.77 bits per heavy atom. The van der Waals surface area contributed by atoms with Crippen molar-refractivity contribution >= 4 is 16.6 Å². The van der Waals surface area contributed by atoms with Gasteiger partial charge in [-0.1, -0.05) is 12.8 Å². The van der Waals surface area contributed by atoms with Gasteiger partial charge in [0, 0.05) is 63.4 Å². The zero-order valence-electron chi connectivity index (χ0n) is 17.9. The summed E-state index contributed by atoms with van der Waals surface area (Å²) >= 11 is 0. The Kier molecular flexibility index (Phi) is 5.31. The highest BCUT2D eigenvalue weighted by Crippen LogP contribution is 2.28. The van der Waals surface area contributed by atoms with Gasteiger partial charge in [0.1, 0.15) is 0 Å². The van der Waals surface area contributed by atoms with E-state index in [1.165, 1.54) is 12.8 Å². The van der Waals surface area contributed by atoms with Crippen molar-refractivity contribution in [1.29, 1.82) is 0 Å². The van der Waals surface area contributed by atoms with E-state index in [1.54, 1.807) is 24.1 Å². The highest BCUT2D eigenvalue weighted by atomic mass is 16.1. The summed E-state index contributed by atoms with van der Waals surface area (Å²) < 4.78 is 3.44. The standard InChI is InChI=1S/C23H28N6O2/c1-26-19(8-9-24-23(26)31)15-27-10-12-28(13-11-27)18-6-7-20-21(14-18)25-16-29(22(20)30)17-4-2-3-5-17/h6-9,14,16-17H,2-5,10-13,15H2,1H3. The second-order valence-corrected chi connectivity index (χ2v) is 8.64. The summed E-state index contributed by atoms with van der Waals surface area (Å²) in [7, 11) is 1.77. The van der Waals surface area contributed by atoms with E-state index in [2.05, 4.69) is 19.8 Å². The summed E-state index contributed by atoms with van der Waals surface area (Å²) in [6, 6.07) is 8.23. The van der Waals surface area contributed by atoms with Crippen LogP contribution in [-0.2, 0) is 13.6 Å². The third-order valence-electron chi connectivity index (χ3n) is 6.78. The van der Waals surface area contributed by atoms with Crippen LogP contribution in [0.3, 0.4) is 0 Å². The summed E-state index contributed by atoms with van der Waals surface area (Å²) in [5.74, 6) is 0. The van der Waals surface area contributed by atoms with Crippen LogP contribution in [0, 0.1) is 0 Å². The minimum absolute atomic E-state index is 0.0798. The molecule has 2 aliphatic rings. The first-order valence-corrected chi connectivity index (χ1v) is 11.1. The fraction of sp³-hybridized carbons (Fsp3) is 0.478. The number of hydrogen-bond acceptors (Lipinski definition) is 6. The molecule has 31 heavy (non-hydrogen) atoms. The molecule has 0 bridgehead atoms. The molecule has 2 aromatic heterocycles. The van der Waals surface area contributed by atoms with Gasteiger partial charge >= 0.3 is 5.69 Å². The van der Waals surface area contributed by atoms with E-state index >= 15 is 0 Å². The molecule has 0 atom stereocenters. The molecule has 8 heteroatoms. The SMILES string of the molecule is Cn1c(CN2CCN(c3ccc4c(=O)n(C5CCCC5)cnc4c3)CC2)ccnc1=O. The Morgan fingerprint density at radius 3 is 2.55 bits per heavy atom. The van der Waals surface area contributed by atoms with E-state index in [-0.39, 0.29) is 11.2 Å². The molecule has 1 saturated heterocycles. The van der Waals surface area contributed by atoms with Crippen molar-refractivity contribution in [2.75, 3.05) is 31.1 Å². The van der Waals surface area contributed by atoms with Crippen molar-refractivity contribution in [3.05, 3.63) is 63.3 Å². The number of nitrogens with zero attached hydrogens (tertiary/aromatic N) is 6. The summed E-state index contributed by atoms with van der Waals surface area (Å²) in [4.78, 5) is 37.8. The van der Waals surface area contributed by atoms with Crippen LogP contribution in [0.15, 0.2) is 46.4 Å². The molecule has 3 heterocycles. The zero-order chi connectivity index (χ0) is 21.4. The van der Waals surface area contributed by atoms with Gasteiger partial charge in [-0.15, -0.1) is 0 Å². The van der Waals surface area contributed by atoms with Gasteiger partial charge < -0.3 is 4.90 Å². The zero-order valence-corrected chi connectivity index (χ0v) is 17.9. The van der Waals surface area contributed by atoms with Crippen LogP contribution in [-0.4, -0.2) is 50.2 Å². The van der Waals surface area contributed by atoms with Crippen LogP contribution >= 0.6 is 0 Å². The second kappa shape index (κ2) is 8.26. The smallest absolute Gasteiger partial charge is 0.347 e. The van der Waals surface area contributed by atoms with E-state index in [0.29, 0.717) is 11.4 Å². The van der Waals surface area contributed by atoms with Crippen LogP contribution < -0.4 is 16.1 Å². The fourth-order valence-electron chi connectivity index (χ4n) is 4.82. The highest BCUT2D eigenvalue weighted by molar-refractivity contribution is 5.81. The van der Waals surface area contributed by atoms with Gasteiger partial charge in [-0.05, 0) is 37.1 Å². The van der Waals surface area contributed by atoms with Crippen LogP contribution in [0.25, 0.3) is 10.9 Å². The first kappa shape index (κ1) is 19.9. The van der Waals surface area contributed by atoms with Crippen LogP contribution in [0.1, 0.15) is 37.4 Å². The predicted octanol–water partition coefficient (Wildman–Crippen LogP) is 1.93. The molecule has 1 aliphatic carbocycles. The molecule has 0 radical (unpaired) electrons. The molecule has 8 nitrogen and oxygen atoms in total. The van der Waals surface area contributed by atoms with Crippen LogP contribution in [0.5, 0.6) is 0 Å². The molecular formula is C23H28N6O2. The lowest BCUT2D eigenvalue weighted by Crippen LogP contribution is -2.46. The number of fused-ring (bicyclic) bond motifs is 1. The Bertz CT molecular complexity index is 1200. The maximum atomic E-state index is 12.9. The lowest BCUT2D eigenvalue weighted by Gasteiger charge is -2.36. The lowest BCUT2D eigenvalue weighted by molar-refractivity contribution is 0.243. The topological polar surface area (TPSA) is 76.3 Å². The first-order valence-electron chi connectivity index (χ1n) is 11.1. The number of anilines is 1. The summed E-state index contributed by atoms with van der Waals surface area (Å²) in [6.45, 7) is 4.34. The Balaban J connectivity index is 1.29. The van der Waals surface area contributed by atoms with Gasteiger partial charge in [0.25, 0.3) is 5.56 Å². The van der Waals surface area contributed by atoms with Crippen molar-refractivity contribution in [3.8, 4) is 0 Å². The molecule has 1 saturated carbocycles.